The molecule has 1 heterocycles. The van der Waals surface area contributed by atoms with Gasteiger partial charge in [-0.15, -0.1) is 0 Å². The lowest BCUT2D eigenvalue weighted by Gasteiger charge is -2.19. The van der Waals surface area contributed by atoms with Crippen LogP contribution in [-0.4, -0.2) is 49.0 Å². The summed E-state index contributed by atoms with van der Waals surface area (Å²) < 4.78 is 30.9. The number of nitro groups is 1. The molecule has 0 saturated heterocycles. The highest BCUT2D eigenvalue weighted by atomic mass is 16.6. The van der Waals surface area contributed by atoms with E-state index >= 15 is 0 Å². The Kier molecular flexibility index (Phi) is 8.83. The number of hydrogen-bond acceptors (Lipinski definition) is 13. The van der Waals surface area contributed by atoms with Crippen LogP contribution >= 0.6 is 0 Å². The summed E-state index contributed by atoms with van der Waals surface area (Å²) in [6.07, 6.45) is 0.956. The van der Waals surface area contributed by atoms with E-state index in [0.717, 1.165) is 46.1 Å². The number of benzene rings is 2. The second kappa shape index (κ2) is 12.1. The highest BCUT2D eigenvalue weighted by Gasteiger charge is 2.46. The number of ether oxygens (including phenoxy) is 6. The predicted octanol–water partition coefficient (Wildman–Crippen LogP) is 2.95. The molecule has 40 heavy (non-hydrogen) atoms. The molecular formula is C26H23NO13. The summed E-state index contributed by atoms with van der Waals surface area (Å²) in [4.78, 5) is 71.1. The molecular weight excluding hydrogens is 534 g/mol. The lowest BCUT2D eigenvalue weighted by Crippen LogP contribution is -2.21. The monoisotopic (exact) mass is 557 g/mol. The van der Waals surface area contributed by atoms with Crippen molar-refractivity contribution in [1.29, 1.82) is 0 Å². The molecule has 0 N–H and O–H groups in total. The molecule has 0 fully saturated rings. The minimum atomic E-state index is -1.46. The first-order chi connectivity index (χ1) is 18.9. The van der Waals surface area contributed by atoms with E-state index in [-0.39, 0.29) is 28.4 Å². The van der Waals surface area contributed by atoms with Crippen LogP contribution < -0.4 is 18.9 Å². The van der Waals surface area contributed by atoms with Gasteiger partial charge in [0.15, 0.2) is 23.0 Å². The van der Waals surface area contributed by atoms with Gasteiger partial charge in [0, 0.05) is 32.4 Å². The lowest BCUT2D eigenvalue weighted by atomic mass is 9.89. The Labute approximate surface area is 226 Å². The van der Waals surface area contributed by atoms with Crippen LogP contribution in [0, 0.1) is 10.1 Å². The van der Waals surface area contributed by atoms with Gasteiger partial charge in [0.1, 0.15) is 12.0 Å². The van der Waals surface area contributed by atoms with Gasteiger partial charge >= 0.3 is 29.8 Å². The van der Waals surface area contributed by atoms with E-state index in [0.29, 0.717) is 5.56 Å². The number of carbonyl (C=O) groups excluding carboxylic acids is 5. The van der Waals surface area contributed by atoms with Gasteiger partial charge in [-0.1, -0.05) is 0 Å². The number of esters is 5. The number of fused-ring (bicyclic) bond motifs is 1. The van der Waals surface area contributed by atoms with Crippen molar-refractivity contribution >= 4 is 41.6 Å². The number of nitro benzene ring substituents is 1. The third-order valence-corrected chi connectivity index (χ3v) is 5.41. The van der Waals surface area contributed by atoms with Crippen molar-refractivity contribution < 1.29 is 57.3 Å². The summed E-state index contributed by atoms with van der Waals surface area (Å²) in [6.45, 7) is 3.23. The number of hydrogen-bond donors (Lipinski definition) is 0. The van der Waals surface area contributed by atoms with Crippen LogP contribution in [0.2, 0.25) is 0 Å². The van der Waals surface area contributed by atoms with E-state index in [1.807, 2.05) is 0 Å². The number of methoxy groups -OCH3 is 2. The van der Waals surface area contributed by atoms with Crippen LogP contribution in [0.15, 0.2) is 30.3 Å². The Balaban J connectivity index is 2.29. The number of carbonyl (C=O) groups is 5. The van der Waals surface area contributed by atoms with Crippen molar-refractivity contribution in [3.05, 3.63) is 57.1 Å². The average molecular weight is 557 g/mol. The van der Waals surface area contributed by atoms with Crippen molar-refractivity contribution in [2.24, 2.45) is 0 Å². The van der Waals surface area contributed by atoms with Gasteiger partial charge < -0.3 is 28.4 Å². The zero-order valence-electron chi connectivity index (χ0n) is 21.9. The maximum Gasteiger partial charge on any atom is 0.330 e. The summed E-state index contributed by atoms with van der Waals surface area (Å²) >= 11 is 0. The highest BCUT2D eigenvalue weighted by Crippen LogP contribution is 2.54. The van der Waals surface area contributed by atoms with Crippen LogP contribution in [0.5, 0.6) is 23.0 Å². The van der Waals surface area contributed by atoms with Crippen LogP contribution in [0.4, 0.5) is 5.69 Å². The molecule has 2 aromatic carbocycles. The van der Waals surface area contributed by atoms with Crippen LogP contribution in [0.1, 0.15) is 49.5 Å². The fourth-order valence-electron chi connectivity index (χ4n) is 3.96. The first-order valence-corrected chi connectivity index (χ1v) is 11.4. The SMILES string of the molecule is COC(=O)/C=C/c1cc(OC(C)=O)c2c(c1)C(C(=O)OC)C(c1cc(OC(C)=O)c(OC(C)=O)cc1[N+](=O)[O-])O2. The van der Waals surface area contributed by atoms with Crippen molar-refractivity contribution in [3.63, 3.8) is 0 Å². The molecule has 0 bridgehead atoms. The minimum absolute atomic E-state index is 0.0989. The van der Waals surface area contributed by atoms with E-state index in [1.165, 1.54) is 25.3 Å². The molecule has 0 radical (unpaired) electrons. The van der Waals surface area contributed by atoms with Gasteiger partial charge in [0.25, 0.3) is 5.69 Å². The molecule has 0 saturated carbocycles. The molecule has 0 aliphatic carbocycles. The molecule has 3 rings (SSSR count). The van der Waals surface area contributed by atoms with Crippen molar-refractivity contribution in [2.75, 3.05) is 14.2 Å². The molecule has 0 spiro atoms. The largest absolute Gasteiger partial charge is 0.480 e. The maximum atomic E-state index is 13.0. The Hall–Kier alpha value is -5.27. The van der Waals surface area contributed by atoms with Gasteiger partial charge in [0.05, 0.1) is 30.8 Å². The Morgan fingerprint density at radius 1 is 0.825 bits per heavy atom. The van der Waals surface area contributed by atoms with Crippen LogP contribution in [0.3, 0.4) is 0 Å². The van der Waals surface area contributed by atoms with E-state index in [1.54, 1.807) is 0 Å². The lowest BCUT2D eigenvalue weighted by molar-refractivity contribution is -0.386. The molecule has 210 valence electrons. The average Bonchev–Trinajstić information content (AvgIpc) is 3.26. The van der Waals surface area contributed by atoms with Gasteiger partial charge in [-0.05, 0) is 29.8 Å². The molecule has 14 heteroatoms. The third kappa shape index (κ3) is 6.40. The molecule has 2 aromatic rings. The quantitative estimate of drug-likeness (QED) is 0.152. The Bertz CT molecular complexity index is 1440. The molecule has 0 aromatic heterocycles. The molecule has 2 atom stereocenters. The minimum Gasteiger partial charge on any atom is -0.480 e. The Morgan fingerprint density at radius 3 is 1.93 bits per heavy atom. The summed E-state index contributed by atoms with van der Waals surface area (Å²) in [6, 6.07) is 4.68. The van der Waals surface area contributed by atoms with E-state index in [4.69, 9.17) is 23.7 Å². The van der Waals surface area contributed by atoms with E-state index in [2.05, 4.69) is 4.74 Å². The van der Waals surface area contributed by atoms with Crippen LogP contribution in [0.25, 0.3) is 6.08 Å². The predicted molar refractivity (Wildman–Crippen MR) is 133 cm³/mol. The Morgan fingerprint density at radius 2 is 1.40 bits per heavy atom. The smallest absolute Gasteiger partial charge is 0.330 e. The normalized spacial score (nSPS) is 15.4. The van der Waals surface area contributed by atoms with E-state index in [9.17, 15) is 34.1 Å². The summed E-state index contributed by atoms with van der Waals surface area (Å²) in [5.41, 5.74) is -0.478. The van der Waals surface area contributed by atoms with E-state index < -0.39 is 58.2 Å². The second-order valence-electron chi connectivity index (χ2n) is 8.23. The van der Waals surface area contributed by atoms with Gasteiger partial charge in [0.2, 0.25) is 0 Å². The second-order valence-corrected chi connectivity index (χ2v) is 8.23. The third-order valence-electron chi connectivity index (χ3n) is 5.41. The van der Waals surface area contributed by atoms with Crippen molar-refractivity contribution in [1.82, 2.24) is 0 Å². The van der Waals surface area contributed by atoms with Gasteiger partial charge in [-0.3, -0.25) is 29.3 Å². The molecule has 1 aliphatic rings. The summed E-state index contributed by atoms with van der Waals surface area (Å²) in [5.74, 6) is -6.35. The zero-order chi connectivity index (χ0) is 29.7. The standard InChI is InChI=1S/C26H23NO13/c1-12(28)37-19-10-16(18(27(33)34)11-20(19)38-13(2)29)25-23(26(32)36-5)17-8-15(6-7-22(31)35-4)9-21(24(17)40-25)39-14(3)30/h6-11,23,25H,1-5H3/b7-6+. The molecule has 0 amide bonds. The topological polar surface area (TPSA) is 184 Å². The number of nitrogens with zero attached hydrogens (tertiary/aromatic N) is 1. The first kappa shape index (κ1) is 29.3. The van der Waals surface area contributed by atoms with Crippen LogP contribution in [-0.2, 0) is 33.4 Å². The molecule has 2 unspecified atom stereocenters. The number of rotatable bonds is 8. The van der Waals surface area contributed by atoms with Crippen molar-refractivity contribution in [3.8, 4) is 23.0 Å². The molecule has 1 aliphatic heterocycles. The summed E-state index contributed by atoms with van der Waals surface area (Å²) in [7, 11) is 2.27. The molecule has 14 nitrogen and oxygen atoms in total. The fraction of sp³-hybridized carbons (Fsp3) is 0.269. The maximum absolute atomic E-state index is 13.0. The summed E-state index contributed by atoms with van der Waals surface area (Å²) in [5, 5.41) is 12.1. The van der Waals surface area contributed by atoms with Crippen molar-refractivity contribution in [2.45, 2.75) is 32.8 Å². The van der Waals surface area contributed by atoms with Gasteiger partial charge in [-0.25, -0.2) is 4.79 Å². The fourth-order valence-corrected chi connectivity index (χ4v) is 3.96. The highest BCUT2D eigenvalue weighted by molar-refractivity contribution is 5.88. The zero-order valence-corrected chi connectivity index (χ0v) is 21.9. The van der Waals surface area contributed by atoms with Gasteiger partial charge in [-0.2, -0.15) is 0 Å². The first-order valence-electron chi connectivity index (χ1n) is 11.4.